The van der Waals surface area contributed by atoms with E-state index in [1.807, 2.05) is 0 Å². The fraction of sp³-hybridized carbons (Fsp3) is 0.105. The summed E-state index contributed by atoms with van der Waals surface area (Å²) in [6, 6.07) is 10.8. The average Bonchev–Trinajstić information content (AvgIpc) is 2.68. The minimum atomic E-state index is -3.75. The molecule has 144 valence electrons. The minimum absolute atomic E-state index is 0.0177. The first kappa shape index (κ1) is 19.3. The molecule has 3 N–H and O–H groups in total. The Hall–Kier alpha value is -3.46. The van der Waals surface area contributed by atoms with Gasteiger partial charge < -0.3 is 15.5 Å². The Labute approximate surface area is 160 Å². The lowest BCUT2D eigenvalue weighted by molar-refractivity contribution is -0.138. The normalized spacial score (nSPS) is 12.5. The van der Waals surface area contributed by atoms with Gasteiger partial charge in [-0.2, -0.15) is 0 Å². The van der Waals surface area contributed by atoms with Gasteiger partial charge >= 0.3 is 5.97 Å². The number of rotatable bonds is 5. The first-order valence-electron chi connectivity index (χ1n) is 8.17. The molecule has 0 saturated carbocycles. The Morgan fingerprint density at radius 1 is 1.07 bits per heavy atom. The lowest BCUT2D eigenvalue weighted by Gasteiger charge is -2.11. The van der Waals surface area contributed by atoms with E-state index in [0.29, 0.717) is 5.39 Å². The smallest absolute Gasteiger partial charge is 0.325 e. The summed E-state index contributed by atoms with van der Waals surface area (Å²) in [6.07, 6.45) is 1.25. The fourth-order valence-corrected chi connectivity index (χ4v) is 3.90. The number of hydrogen-bond donors (Lipinski definition) is 3. The quantitative estimate of drug-likeness (QED) is 0.596. The van der Waals surface area contributed by atoms with Crippen LogP contribution in [0.5, 0.6) is 5.75 Å². The summed E-state index contributed by atoms with van der Waals surface area (Å²) in [5, 5.41) is 22.0. The second-order valence-electron chi connectivity index (χ2n) is 6.05. The van der Waals surface area contributed by atoms with Crippen molar-refractivity contribution >= 4 is 32.5 Å². The van der Waals surface area contributed by atoms with Crippen LogP contribution in [0.1, 0.15) is 17.4 Å². The third-order valence-electron chi connectivity index (χ3n) is 4.13. The third-order valence-corrected chi connectivity index (χ3v) is 5.90. The highest BCUT2D eigenvalue weighted by Crippen LogP contribution is 2.30. The van der Waals surface area contributed by atoms with Crippen molar-refractivity contribution in [3.8, 4) is 5.75 Å². The van der Waals surface area contributed by atoms with Crippen LogP contribution < -0.4 is 5.32 Å². The largest absolute Gasteiger partial charge is 0.505 e. The molecule has 8 nitrogen and oxygen atoms in total. The molecule has 3 aromatic rings. The number of nitrogens with zero attached hydrogens (tertiary/aromatic N) is 1. The number of nitrogens with one attached hydrogen (secondary N) is 1. The Balaban J connectivity index is 2.02. The zero-order valence-corrected chi connectivity index (χ0v) is 15.5. The Morgan fingerprint density at radius 3 is 2.39 bits per heavy atom. The van der Waals surface area contributed by atoms with E-state index in [0.717, 1.165) is 0 Å². The summed E-state index contributed by atoms with van der Waals surface area (Å²) in [6.45, 7) is 1.28. The van der Waals surface area contributed by atoms with Gasteiger partial charge in [-0.05, 0) is 37.3 Å². The van der Waals surface area contributed by atoms with Crippen molar-refractivity contribution in [1.29, 1.82) is 0 Å². The van der Waals surface area contributed by atoms with Crippen LogP contribution in [0.4, 0.5) is 0 Å². The van der Waals surface area contributed by atoms with Crippen molar-refractivity contribution in [2.24, 2.45) is 0 Å². The number of fused-ring (bicyclic) bond motifs is 1. The summed E-state index contributed by atoms with van der Waals surface area (Å²) in [4.78, 5) is 27.0. The van der Waals surface area contributed by atoms with Crippen molar-refractivity contribution in [3.63, 3.8) is 0 Å². The summed E-state index contributed by atoms with van der Waals surface area (Å²) >= 11 is 0. The number of carbonyl (C=O) groups is 2. The van der Waals surface area contributed by atoms with Gasteiger partial charge in [-0.25, -0.2) is 13.4 Å². The lowest BCUT2D eigenvalue weighted by atomic mass is 10.1. The second-order valence-corrected chi connectivity index (χ2v) is 8.00. The van der Waals surface area contributed by atoms with Gasteiger partial charge in [0, 0.05) is 17.0 Å². The number of amides is 1. The number of hydrogen-bond acceptors (Lipinski definition) is 6. The Bertz CT molecular complexity index is 1180. The number of aromatic nitrogens is 1. The summed E-state index contributed by atoms with van der Waals surface area (Å²) in [7, 11) is -3.75. The van der Waals surface area contributed by atoms with Gasteiger partial charge in [0.2, 0.25) is 9.84 Å². The number of sulfone groups is 1. The van der Waals surface area contributed by atoms with Crippen molar-refractivity contribution in [2.75, 3.05) is 0 Å². The molecule has 1 heterocycles. The predicted octanol–water partition coefficient (Wildman–Crippen LogP) is 1.98. The number of carbonyl (C=O) groups excluding carboxylic acids is 1. The maximum absolute atomic E-state index is 12.7. The molecule has 0 spiro atoms. The topological polar surface area (TPSA) is 134 Å². The first-order valence-corrected chi connectivity index (χ1v) is 9.65. The van der Waals surface area contributed by atoms with Crippen molar-refractivity contribution < 1.29 is 28.2 Å². The van der Waals surface area contributed by atoms with E-state index < -0.39 is 33.5 Å². The van der Waals surface area contributed by atoms with Gasteiger partial charge in [0.1, 0.15) is 6.04 Å². The van der Waals surface area contributed by atoms with Crippen molar-refractivity contribution in [2.45, 2.75) is 22.8 Å². The molecule has 0 aliphatic rings. The van der Waals surface area contributed by atoms with Crippen LogP contribution in [-0.2, 0) is 14.6 Å². The first-order chi connectivity index (χ1) is 13.2. The number of benzene rings is 2. The molecule has 0 radical (unpaired) electrons. The molecule has 28 heavy (non-hydrogen) atoms. The molecule has 1 aromatic heterocycles. The molecule has 1 amide bonds. The maximum atomic E-state index is 12.7. The number of pyridine rings is 1. The van der Waals surface area contributed by atoms with E-state index in [9.17, 15) is 23.1 Å². The van der Waals surface area contributed by atoms with E-state index in [4.69, 9.17) is 5.11 Å². The zero-order chi connectivity index (χ0) is 20.5. The molecule has 1 atom stereocenters. The number of carboxylic acids is 1. The number of aliphatic carboxylic acids is 1. The summed E-state index contributed by atoms with van der Waals surface area (Å²) in [5.41, 5.74) is -0.348. The van der Waals surface area contributed by atoms with Crippen LogP contribution in [0.2, 0.25) is 0 Å². The monoisotopic (exact) mass is 400 g/mol. The highest BCUT2D eigenvalue weighted by atomic mass is 32.2. The van der Waals surface area contributed by atoms with Gasteiger partial charge in [0.25, 0.3) is 5.91 Å². The second kappa shape index (κ2) is 7.28. The molecule has 2 aromatic carbocycles. The summed E-state index contributed by atoms with van der Waals surface area (Å²) in [5.74, 6) is -2.55. The molecule has 0 aliphatic heterocycles. The van der Waals surface area contributed by atoms with E-state index in [-0.39, 0.29) is 20.9 Å². The Kier molecular flexibility index (Phi) is 5.02. The minimum Gasteiger partial charge on any atom is -0.505 e. The van der Waals surface area contributed by atoms with Gasteiger partial charge in [0.05, 0.1) is 9.79 Å². The van der Waals surface area contributed by atoms with Crippen molar-refractivity contribution in [3.05, 3.63) is 60.4 Å². The average molecular weight is 400 g/mol. The highest BCUT2D eigenvalue weighted by molar-refractivity contribution is 7.91. The van der Waals surface area contributed by atoms with Crippen LogP contribution in [0, 0.1) is 0 Å². The zero-order valence-electron chi connectivity index (χ0n) is 14.7. The van der Waals surface area contributed by atoms with E-state index in [1.165, 1.54) is 43.5 Å². The van der Waals surface area contributed by atoms with Crippen molar-refractivity contribution in [1.82, 2.24) is 10.3 Å². The molecular weight excluding hydrogens is 384 g/mol. The molecule has 9 heteroatoms. The number of aromatic hydroxyl groups is 1. The maximum Gasteiger partial charge on any atom is 0.325 e. The molecule has 0 fully saturated rings. The molecule has 0 aliphatic carbocycles. The third kappa shape index (κ3) is 3.52. The standard InChI is InChI=1S/C19H16N2O6S/c1-11(19(24)25)21-18(23)16-17(22)15-8-7-14(9-12(15)10-20-16)28(26,27)13-5-3-2-4-6-13/h2-11,22H,1H3,(H,21,23)(H,24,25)/t11-/m0/s1. The van der Waals surface area contributed by atoms with Crippen LogP contribution in [0.3, 0.4) is 0 Å². The Morgan fingerprint density at radius 2 is 1.75 bits per heavy atom. The molecule has 0 bridgehead atoms. The van der Waals surface area contributed by atoms with Crippen LogP contribution in [0.25, 0.3) is 10.8 Å². The van der Waals surface area contributed by atoms with Crippen LogP contribution in [-0.4, -0.2) is 41.5 Å². The molecule has 0 saturated heterocycles. The number of carboxylic acid groups (broad SMARTS) is 1. The predicted molar refractivity (Wildman–Crippen MR) is 99.9 cm³/mol. The lowest BCUT2D eigenvalue weighted by Crippen LogP contribution is -2.38. The van der Waals surface area contributed by atoms with Crippen LogP contribution in [0.15, 0.2) is 64.5 Å². The van der Waals surface area contributed by atoms with E-state index in [2.05, 4.69) is 10.3 Å². The molecular formula is C19H16N2O6S. The van der Waals surface area contributed by atoms with E-state index >= 15 is 0 Å². The van der Waals surface area contributed by atoms with Gasteiger partial charge in [-0.3, -0.25) is 9.59 Å². The summed E-state index contributed by atoms with van der Waals surface area (Å²) < 4.78 is 25.4. The van der Waals surface area contributed by atoms with Gasteiger partial charge in [-0.15, -0.1) is 0 Å². The molecule has 0 unspecified atom stereocenters. The fourth-order valence-electron chi connectivity index (χ4n) is 2.58. The van der Waals surface area contributed by atoms with E-state index in [1.54, 1.807) is 18.2 Å². The SMILES string of the molecule is C[C@H](NC(=O)c1ncc2cc(S(=O)(=O)c3ccccc3)ccc2c1O)C(=O)O. The van der Waals surface area contributed by atoms with Gasteiger partial charge in [-0.1, -0.05) is 18.2 Å². The molecule has 3 rings (SSSR count). The highest BCUT2D eigenvalue weighted by Gasteiger charge is 2.22. The van der Waals surface area contributed by atoms with Gasteiger partial charge in [0.15, 0.2) is 11.4 Å². The van der Waals surface area contributed by atoms with Crippen LogP contribution >= 0.6 is 0 Å².